The normalized spacial score (nSPS) is 13.2. The highest BCUT2D eigenvalue weighted by Gasteiger charge is 2.17. The number of aliphatic hydroxyl groups is 1. The van der Waals surface area contributed by atoms with E-state index in [1.54, 1.807) is 0 Å². The number of hydrogen-bond donors (Lipinski definition) is 3. The fourth-order valence-corrected chi connectivity index (χ4v) is 3.65. The van der Waals surface area contributed by atoms with Gasteiger partial charge >= 0.3 is 13.8 Å². The third-order valence-electron chi connectivity index (χ3n) is 5.20. The fraction of sp³-hybridized carbons (Fsp3) is 0.800. The van der Waals surface area contributed by atoms with Gasteiger partial charge < -0.3 is 19.6 Å². The lowest BCUT2D eigenvalue weighted by Crippen LogP contribution is -2.23. The molecule has 7 nitrogen and oxygen atoms in total. The molecule has 0 saturated heterocycles. The van der Waals surface area contributed by atoms with Crippen LogP contribution in [0, 0.1) is 0 Å². The molecule has 0 aromatic carbocycles. The highest BCUT2D eigenvalue weighted by Crippen LogP contribution is 2.35. The molecule has 0 amide bonds. The molecule has 0 spiro atoms. The molecule has 33 heavy (non-hydrogen) atoms. The summed E-state index contributed by atoms with van der Waals surface area (Å²) in [6, 6.07) is 0. The van der Waals surface area contributed by atoms with Crippen molar-refractivity contribution in [3.8, 4) is 0 Å². The molecule has 0 heterocycles. The smallest absolute Gasteiger partial charge is 0.463 e. The van der Waals surface area contributed by atoms with Crippen LogP contribution in [0.25, 0.3) is 0 Å². The fourth-order valence-electron chi connectivity index (χ4n) is 3.28. The van der Waals surface area contributed by atoms with Crippen LogP contribution in [0.3, 0.4) is 0 Å². The molecule has 0 aromatic rings. The van der Waals surface area contributed by atoms with E-state index in [4.69, 9.17) is 14.5 Å². The summed E-state index contributed by atoms with van der Waals surface area (Å²) in [5.74, 6) is -0.415. The van der Waals surface area contributed by atoms with Gasteiger partial charge in [0, 0.05) is 6.42 Å². The van der Waals surface area contributed by atoms with Crippen LogP contribution in [0.15, 0.2) is 24.3 Å². The van der Waals surface area contributed by atoms with E-state index >= 15 is 0 Å². The third kappa shape index (κ3) is 27.1. The molecule has 8 heteroatoms. The molecule has 0 aliphatic heterocycles. The summed E-state index contributed by atoms with van der Waals surface area (Å²) in [6.45, 7) is 1.33. The van der Waals surface area contributed by atoms with Crippen LogP contribution in [0.5, 0.6) is 0 Å². The van der Waals surface area contributed by atoms with E-state index < -0.39 is 26.5 Å². The zero-order valence-electron chi connectivity index (χ0n) is 20.5. The van der Waals surface area contributed by atoms with E-state index in [1.807, 2.05) is 0 Å². The number of rotatable bonds is 23. The van der Waals surface area contributed by atoms with Gasteiger partial charge in [-0.15, -0.1) is 0 Å². The number of unbranched alkanes of at least 4 members (excludes halogenated alkanes) is 12. The van der Waals surface area contributed by atoms with Gasteiger partial charge in [0.2, 0.25) is 0 Å². The lowest BCUT2D eigenvalue weighted by Gasteiger charge is -2.12. The Kier molecular flexibility index (Phi) is 22.1. The summed E-state index contributed by atoms with van der Waals surface area (Å²) in [6.07, 6.45) is 25.9. The highest BCUT2D eigenvalue weighted by molar-refractivity contribution is 7.46. The van der Waals surface area contributed by atoms with Gasteiger partial charge in [-0.1, -0.05) is 89.0 Å². The number of allylic oxidation sites excluding steroid dienone is 4. The molecule has 0 radical (unpaired) electrons. The van der Waals surface area contributed by atoms with Crippen LogP contribution >= 0.6 is 7.82 Å². The van der Waals surface area contributed by atoms with Crippen molar-refractivity contribution in [2.24, 2.45) is 0 Å². The lowest BCUT2D eigenvalue weighted by molar-refractivity contribution is -0.147. The highest BCUT2D eigenvalue weighted by atomic mass is 31.2. The first-order valence-electron chi connectivity index (χ1n) is 12.7. The number of carbonyl (C=O) groups is 1. The Labute approximate surface area is 200 Å². The monoisotopic (exact) mass is 490 g/mol. The van der Waals surface area contributed by atoms with E-state index in [1.165, 1.54) is 70.6 Å². The molecular weight excluding hydrogens is 443 g/mol. The second-order valence-electron chi connectivity index (χ2n) is 8.52. The van der Waals surface area contributed by atoms with E-state index in [0.717, 1.165) is 25.7 Å². The van der Waals surface area contributed by atoms with E-state index in [2.05, 4.69) is 35.8 Å². The van der Waals surface area contributed by atoms with Gasteiger partial charge in [-0.3, -0.25) is 9.32 Å². The van der Waals surface area contributed by atoms with Crippen molar-refractivity contribution < 1.29 is 33.5 Å². The molecule has 0 rings (SSSR count). The maximum Gasteiger partial charge on any atom is 0.469 e. The predicted octanol–water partition coefficient (Wildman–Crippen LogP) is 6.37. The van der Waals surface area contributed by atoms with Crippen molar-refractivity contribution in [2.75, 3.05) is 13.2 Å². The average Bonchev–Trinajstić information content (AvgIpc) is 2.77. The van der Waals surface area contributed by atoms with Crippen LogP contribution in [0.4, 0.5) is 0 Å². The van der Waals surface area contributed by atoms with Gasteiger partial charge in [0.15, 0.2) is 0 Å². The summed E-state index contributed by atoms with van der Waals surface area (Å²) in [4.78, 5) is 28.7. The van der Waals surface area contributed by atoms with Crippen LogP contribution in [0.1, 0.15) is 110 Å². The first-order valence-corrected chi connectivity index (χ1v) is 14.2. The van der Waals surface area contributed by atoms with Gasteiger partial charge in [0.05, 0.1) is 6.61 Å². The van der Waals surface area contributed by atoms with Crippen LogP contribution in [-0.4, -0.2) is 40.2 Å². The van der Waals surface area contributed by atoms with Crippen molar-refractivity contribution in [1.82, 2.24) is 0 Å². The minimum Gasteiger partial charge on any atom is -0.463 e. The molecule has 194 valence electrons. The summed E-state index contributed by atoms with van der Waals surface area (Å²) >= 11 is 0. The Balaban J connectivity index is 3.35. The van der Waals surface area contributed by atoms with Gasteiger partial charge in [-0.05, 0) is 38.5 Å². The molecule has 3 N–H and O–H groups in total. The second-order valence-corrected chi connectivity index (χ2v) is 9.76. The van der Waals surface area contributed by atoms with Crippen molar-refractivity contribution in [2.45, 2.75) is 116 Å². The zero-order chi connectivity index (χ0) is 24.6. The minimum atomic E-state index is -4.62. The van der Waals surface area contributed by atoms with E-state index in [9.17, 15) is 14.5 Å². The Hall–Kier alpha value is -0.980. The minimum absolute atomic E-state index is 0.286. The first kappa shape index (κ1) is 32.0. The summed E-state index contributed by atoms with van der Waals surface area (Å²) in [5.41, 5.74) is 0. The number of phosphoric acid groups is 1. The number of esters is 1. The zero-order valence-corrected chi connectivity index (χ0v) is 21.4. The quantitative estimate of drug-likeness (QED) is 0.0659. The molecule has 0 aliphatic rings. The standard InChI is InChI=1S/C25H47O7P/c1-2-3-4-5-6-7-8-9-10-11-12-13-14-15-16-17-18-19-20-21-25(27)31-22-24(26)23-32-33(28,29)30/h6-7,9-10,24,26H,2-5,8,11-23H2,1H3,(H2,28,29,30)/b7-6-,10-9-/t24-/m1/s1. The number of aliphatic hydroxyl groups excluding tert-OH is 1. The average molecular weight is 491 g/mol. The Morgan fingerprint density at radius 3 is 1.85 bits per heavy atom. The van der Waals surface area contributed by atoms with Crippen molar-refractivity contribution in [3.05, 3.63) is 24.3 Å². The van der Waals surface area contributed by atoms with Crippen LogP contribution in [0.2, 0.25) is 0 Å². The van der Waals surface area contributed by atoms with Crippen molar-refractivity contribution in [3.63, 3.8) is 0 Å². The largest absolute Gasteiger partial charge is 0.469 e. The summed E-state index contributed by atoms with van der Waals surface area (Å²) in [7, 11) is -4.62. The van der Waals surface area contributed by atoms with E-state index in [-0.39, 0.29) is 13.0 Å². The van der Waals surface area contributed by atoms with Crippen molar-refractivity contribution >= 4 is 13.8 Å². The Morgan fingerprint density at radius 2 is 1.30 bits per heavy atom. The number of hydrogen-bond acceptors (Lipinski definition) is 5. The molecule has 0 fully saturated rings. The number of phosphoric ester groups is 1. The van der Waals surface area contributed by atoms with Crippen molar-refractivity contribution in [1.29, 1.82) is 0 Å². The van der Waals surface area contributed by atoms with Gasteiger partial charge in [-0.2, -0.15) is 0 Å². The first-order chi connectivity index (χ1) is 15.8. The number of carbonyl (C=O) groups excluding carboxylic acids is 1. The topological polar surface area (TPSA) is 113 Å². The Morgan fingerprint density at radius 1 is 0.788 bits per heavy atom. The van der Waals surface area contributed by atoms with Gasteiger partial charge in [0.1, 0.15) is 12.7 Å². The SMILES string of the molecule is CCCCC/C=C\C/C=C\CCCCCCCCCCCC(=O)OC[C@@H](O)COP(=O)(O)O. The molecule has 0 unspecified atom stereocenters. The summed E-state index contributed by atoms with van der Waals surface area (Å²) < 4.78 is 19.5. The van der Waals surface area contributed by atoms with Gasteiger partial charge in [-0.25, -0.2) is 4.57 Å². The molecular formula is C25H47O7P. The van der Waals surface area contributed by atoms with Gasteiger partial charge in [0.25, 0.3) is 0 Å². The van der Waals surface area contributed by atoms with E-state index in [0.29, 0.717) is 0 Å². The predicted molar refractivity (Wildman–Crippen MR) is 133 cm³/mol. The summed E-state index contributed by atoms with van der Waals surface area (Å²) in [5, 5.41) is 9.44. The third-order valence-corrected chi connectivity index (χ3v) is 5.69. The number of ether oxygens (including phenoxy) is 1. The molecule has 0 aromatic heterocycles. The second kappa shape index (κ2) is 22.8. The maximum absolute atomic E-state index is 11.6. The van der Waals surface area contributed by atoms with Crippen LogP contribution in [-0.2, 0) is 18.6 Å². The maximum atomic E-state index is 11.6. The molecule has 1 atom stereocenters. The molecule has 0 saturated carbocycles. The van der Waals surface area contributed by atoms with Crippen LogP contribution < -0.4 is 0 Å². The lowest BCUT2D eigenvalue weighted by atomic mass is 10.1. The Bertz CT molecular complexity index is 557. The molecule has 0 bridgehead atoms. The molecule has 0 aliphatic carbocycles.